The van der Waals surface area contributed by atoms with E-state index < -0.39 is 12.2 Å². The molecular formula is C13H11N3O3S. The van der Waals surface area contributed by atoms with Crippen LogP contribution in [-0.4, -0.2) is 29.0 Å². The molecule has 1 aromatic heterocycles. The summed E-state index contributed by atoms with van der Waals surface area (Å²) < 4.78 is 6.24. The number of fused-ring (bicyclic) bond motifs is 3. The predicted octanol–water partition coefficient (Wildman–Crippen LogP) is 1.30. The Kier molecular flexibility index (Phi) is 2.36. The molecule has 2 aliphatic rings. The Balaban J connectivity index is 1.81. The number of thiazole rings is 1. The fourth-order valence-electron chi connectivity index (χ4n) is 2.61. The van der Waals surface area contributed by atoms with Gasteiger partial charge in [-0.2, -0.15) is 0 Å². The second-order valence-electron chi connectivity index (χ2n) is 4.93. The van der Waals surface area contributed by atoms with E-state index >= 15 is 0 Å². The summed E-state index contributed by atoms with van der Waals surface area (Å²) >= 11 is 1.29. The van der Waals surface area contributed by atoms with Crippen LogP contribution < -0.4 is 10.6 Å². The molecule has 0 radical (unpaired) electrons. The van der Waals surface area contributed by atoms with Crippen molar-refractivity contribution in [3.8, 4) is 0 Å². The first-order valence-corrected chi connectivity index (χ1v) is 7.14. The van der Waals surface area contributed by atoms with Crippen molar-refractivity contribution in [1.29, 1.82) is 0 Å². The minimum atomic E-state index is -0.505. The molecular weight excluding hydrogens is 278 g/mol. The Hall–Kier alpha value is -1.99. The smallest absolute Gasteiger partial charge is 0.264 e. The molecule has 6 nitrogen and oxygen atoms in total. The highest BCUT2D eigenvalue weighted by atomic mass is 32.1. The third kappa shape index (κ3) is 1.56. The van der Waals surface area contributed by atoms with Crippen molar-refractivity contribution in [3.05, 3.63) is 18.2 Å². The van der Waals surface area contributed by atoms with E-state index in [1.165, 1.54) is 16.2 Å². The van der Waals surface area contributed by atoms with E-state index in [-0.39, 0.29) is 11.8 Å². The highest BCUT2D eigenvalue weighted by Crippen LogP contribution is 2.36. The number of hydrogen-bond donors (Lipinski definition) is 1. The number of anilines is 2. The van der Waals surface area contributed by atoms with Crippen LogP contribution in [0.5, 0.6) is 0 Å². The summed E-state index contributed by atoms with van der Waals surface area (Å²) in [5.41, 5.74) is 7.10. The SMILES string of the molecule is Nc1ccc2nc(N3C(=O)C4CCC(O4)C3=O)sc2c1. The number of nitrogens with zero attached hydrogens (tertiary/aromatic N) is 2. The van der Waals surface area contributed by atoms with Gasteiger partial charge in [0.2, 0.25) is 0 Å². The minimum absolute atomic E-state index is 0.309. The number of rotatable bonds is 1. The first kappa shape index (κ1) is 11.8. The molecule has 7 heteroatoms. The molecule has 2 amide bonds. The van der Waals surface area contributed by atoms with Gasteiger partial charge in [-0.15, -0.1) is 0 Å². The van der Waals surface area contributed by atoms with E-state index in [4.69, 9.17) is 10.5 Å². The van der Waals surface area contributed by atoms with Gasteiger partial charge in [-0.05, 0) is 31.0 Å². The van der Waals surface area contributed by atoms with Crippen molar-refractivity contribution in [2.75, 3.05) is 10.6 Å². The maximum absolute atomic E-state index is 12.3. The van der Waals surface area contributed by atoms with Crippen molar-refractivity contribution < 1.29 is 14.3 Å². The van der Waals surface area contributed by atoms with Crippen LogP contribution in [0.2, 0.25) is 0 Å². The third-order valence-corrected chi connectivity index (χ3v) is 4.61. The number of ether oxygens (including phenoxy) is 1. The molecule has 2 N–H and O–H groups in total. The van der Waals surface area contributed by atoms with Crippen molar-refractivity contribution in [2.45, 2.75) is 25.0 Å². The molecule has 2 unspecified atom stereocenters. The summed E-state index contributed by atoms with van der Waals surface area (Å²) in [4.78, 5) is 30.1. The van der Waals surface area contributed by atoms with Crippen LogP contribution in [0.1, 0.15) is 12.8 Å². The number of benzene rings is 1. The van der Waals surface area contributed by atoms with Crippen LogP contribution in [0.3, 0.4) is 0 Å². The molecule has 4 rings (SSSR count). The molecule has 2 saturated heterocycles. The van der Waals surface area contributed by atoms with Crippen LogP contribution in [0.4, 0.5) is 10.8 Å². The van der Waals surface area contributed by atoms with E-state index in [2.05, 4.69) is 4.98 Å². The molecule has 2 aliphatic heterocycles. The number of carbonyl (C=O) groups excluding carboxylic acids is 2. The third-order valence-electron chi connectivity index (χ3n) is 3.60. The van der Waals surface area contributed by atoms with Crippen molar-refractivity contribution in [1.82, 2.24) is 4.98 Å². The monoisotopic (exact) mass is 289 g/mol. The summed E-state index contributed by atoms with van der Waals surface area (Å²) in [6.07, 6.45) is 0.192. The molecule has 3 heterocycles. The van der Waals surface area contributed by atoms with Crippen LogP contribution in [0, 0.1) is 0 Å². The Labute approximate surface area is 118 Å². The van der Waals surface area contributed by atoms with Crippen molar-refractivity contribution in [3.63, 3.8) is 0 Å². The zero-order valence-electron chi connectivity index (χ0n) is 10.4. The van der Waals surface area contributed by atoms with Crippen LogP contribution >= 0.6 is 11.3 Å². The Morgan fingerprint density at radius 2 is 1.95 bits per heavy atom. The lowest BCUT2D eigenvalue weighted by Gasteiger charge is -2.27. The first-order chi connectivity index (χ1) is 9.63. The summed E-state index contributed by atoms with van der Waals surface area (Å²) in [5.74, 6) is -0.619. The zero-order chi connectivity index (χ0) is 13.9. The zero-order valence-corrected chi connectivity index (χ0v) is 11.2. The van der Waals surface area contributed by atoms with Gasteiger partial charge in [-0.1, -0.05) is 11.3 Å². The standard InChI is InChI=1S/C13H11N3O3S/c14-6-1-2-7-10(5-6)20-13(15-7)16-11(17)8-3-4-9(19-8)12(16)18/h1-2,5,8-9H,3-4,14H2. The lowest BCUT2D eigenvalue weighted by Crippen LogP contribution is -2.51. The van der Waals surface area contributed by atoms with Crippen molar-refractivity contribution in [2.24, 2.45) is 0 Å². The van der Waals surface area contributed by atoms with Gasteiger partial charge in [-0.25, -0.2) is 9.88 Å². The van der Waals surface area contributed by atoms with Crippen LogP contribution in [0.15, 0.2) is 18.2 Å². The fraction of sp³-hybridized carbons (Fsp3) is 0.308. The number of amides is 2. The average molecular weight is 289 g/mol. The van der Waals surface area contributed by atoms with E-state index in [1.807, 2.05) is 0 Å². The van der Waals surface area contributed by atoms with Gasteiger partial charge in [0.1, 0.15) is 12.2 Å². The van der Waals surface area contributed by atoms with Crippen LogP contribution in [0.25, 0.3) is 10.2 Å². The Morgan fingerprint density at radius 3 is 2.65 bits per heavy atom. The molecule has 2 atom stereocenters. The molecule has 0 aliphatic carbocycles. The topological polar surface area (TPSA) is 85.5 Å². The van der Waals surface area contributed by atoms with Gasteiger partial charge in [0.25, 0.3) is 11.8 Å². The number of nitrogens with two attached hydrogens (primary N) is 1. The molecule has 0 saturated carbocycles. The fourth-order valence-corrected chi connectivity index (χ4v) is 3.64. The normalized spacial score (nSPS) is 25.7. The summed E-state index contributed by atoms with van der Waals surface area (Å²) in [7, 11) is 0. The van der Waals surface area contributed by atoms with Gasteiger partial charge in [0.05, 0.1) is 10.2 Å². The maximum Gasteiger partial charge on any atom is 0.264 e. The van der Waals surface area contributed by atoms with Gasteiger partial charge in [0, 0.05) is 5.69 Å². The molecule has 0 spiro atoms. The van der Waals surface area contributed by atoms with Gasteiger partial charge in [-0.3, -0.25) is 9.59 Å². The molecule has 1 aromatic carbocycles. The van der Waals surface area contributed by atoms with Crippen LogP contribution in [-0.2, 0) is 14.3 Å². The van der Waals surface area contributed by atoms with E-state index in [0.717, 1.165) is 10.2 Å². The number of imide groups is 1. The Bertz CT molecular complexity index is 720. The number of morpholine rings is 1. The van der Waals surface area contributed by atoms with Gasteiger partial charge >= 0.3 is 0 Å². The number of aromatic nitrogens is 1. The minimum Gasteiger partial charge on any atom is -0.399 e. The molecule has 2 aromatic rings. The predicted molar refractivity (Wildman–Crippen MR) is 74.4 cm³/mol. The van der Waals surface area contributed by atoms with Gasteiger partial charge in [0.15, 0.2) is 5.13 Å². The lowest BCUT2D eigenvalue weighted by molar-refractivity contribution is -0.146. The second-order valence-corrected chi connectivity index (χ2v) is 5.94. The highest BCUT2D eigenvalue weighted by molar-refractivity contribution is 7.22. The highest BCUT2D eigenvalue weighted by Gasteiger charge is 2.48. The average Bonchev–Trinajstić information content (AvgIpc) is 3.01. The lowest BCUT2D eigenvalue weighted by atomic mass is 10.2. The maximum atomic E-state index is 12.3. The molecule has 2 fully saturated rings. The molecule has 102 valence electrons. The quantitative estimate of drug-likeness (QED) is 0.631. The summed E-state index contributed by atoms with van der Waals surface area (Å²) in [6, 6.07) is 5.33. The molecule has 2 bridgehead atoms. The molecule has 20 heavy (non-hydrogen) atoms. The summed E-state index contributed by atoms with van der Waals surface area (Å²) in [6.45, 7) is 0. The Morgan fingerprint density at radius 1 is 1.25 bits per heavy atom. The summed E-state index contributed by atoms with van der Waals surface area (Å²) in [5, 5.41) is 0.404. The number of hydrogen-bond acceptors (Lipinski definition) is 6. The second kappa shape index (κ2) is 4.00. The van der Waals surface area contributed by atoms with Crippen molar-refractivity contribution >= 4 is 44.2 Å². The number of nitrogen functional groups attached to an aromatic ring is 1. The first-order valence-electron chi connectivity index (χ1n) is 6.33. The van der Waals surface area contributed by atoms with E-state index in [9.17, 15) is 9.59 Å². The van der Waals surface area contributed by atoms with Gasteiger partial charge < -0.3 is 10.5 Å². The van der Waals surface area contributed by atoms with E-state index in [1.54, 1.807) is 18.2 Å². The van der Waals surface area contributed by atoms with E-state index in [0.29, 0.717) is 23.7 Å². The largest absolute Gasteiger partial charge is 0.399 e. The number of carbonyl (C=O) groups is 2.